The second kappa shape index (κ2) is 3.59. The first-order chi connectivity index (χ1) is 7.05. The van der Waals surface area contributed by atoms with Crippen LogP contribution in [0.25, 0.3) is 0 Å². The summed E-state index contributed by atoms with van der Waals surface area (Å²) in [5.74, 6) is 0.153. The van der Waals surface area contributed by atoms with E-state index in [0.29, 0.717) is 6.42 Å². The van der Waals surface area contributed by atoms with E-state index in [2.05, 4.69) is 0 Å². The highest BCUT2D eigenvalue weighted by atomic mass is 16.2. The Morgan fingerprint density at radius 2 is 2.00 bits per heavy atom. The number of carbonyl (C=O) groups excluding carboxylic acids is 2. The molecule has 84 valence electrons. The van der Waals surface area contributed by atoms with Gasteiger partial charge in [0.2, 0.25) is 5.91 Å². The van der Waals surface area contributed by atoms with Crippen LogP contribution in [0.5, 0.6) is 0 Å². The summed E-state index contributed by atoms with van der Waals surface area (Å²) < 4.78 is 0. The second-order valence-corrected chi connectivity index (χ2v) is 4.79. The number of amides is 1. The Bertz CT molecular complexity index is 295. The maximum absolute atomic E-state index is 11.8. The molecule has 1 heterocycles. The lowest BCUT2D eigenvalue weighted by Gasteiger charge is -2.34. The van der Waals surface area contributed by atoms with Gasteiger partial charge in [-0.15, -0.1) is 0 Å². The van der Waals surface area contributed by atoms with Crippen molar-refractivity contribution in [2.75, 3.05) is 13.6 Å². The molecule has 0 radical (unpaired) electrons. The molecule has 0 N–H and O–H groups in total. The van der Waals surface area contributed by atoms with Gasteiger partial charge < -0.3 is 0 Å². The lowest BCUT2D eigenvalue weighted by atomic mass is 9.94. The first-order valence-corrected chi connectivity index (χ1v) is 5.59. The van der Waals surface area contributed by atoms with Gasteiger partial charge in [-0.1, -0.05) is 12.8 Å². The van der Waals surface area contributed by atoms with E-state index in [1.165, 1.54) is 19.8 Å². The van der Waals surface area contributed by atoms with Gasteiger partial charge in [-0.25, -0.2) is 5.01 Å². The van der Waals surface area contributed by atoms with Crippen molar-refractivity contribution in [3.63, 3.8) is 0 Å². The number of hydrazine groups is 1. The predicted octanol–water partition coefficient (Wildman–Crippen LogP) is 0.967. The van der Waals surface area contributed by atoms with Gasteiger partial charge in [0.25, 0.3) is 0 Å². The number of carbonyl (C=O) groups is 2. The Hall–Kier alpha value is -0.900. The van der Waals surface area contributed by atoms with E-state index >= 15 is 0 Å². The first-order valence-electron chi connectivity index (χ1n) is 5.59. The molecule has 0 aromatic rings. The average Bonchev–Trinajstić information content (AvgIpc) is 2.69. The summed E-state index contributed by atoms with van der Waals surface area (Å²) in [5, 5.41) is 3.64. The number of rotatable bonds is 2. The van der Waals surface area contributed by atoms with Crippen molar-refractivity contribution in [2.24, 2.45) is 0 Å². The van der Waals surface area contributed by atoms with E-state index in [1.54, 1.807) is 5.01 Å². The summed E-state index contributed by atoms with van der Waals surface area (Å²) in [4.78, 5) is 22.9. The normalized spacial score (nSPS) is 25.5. The Labute approximate surface area is 90.2 Å². The van der Waals surface area contributed by atoms with Crippen LogP contribution >= 0.6 is 0 Å². The lowest BCUT2D eigenvalue weighted by molar-refractivity contribution is -0.143. The van der Waals surface area contributed by atoms with Gasteiger partial charge in [0, 0.05) is 19.0 Å². The van der Waals surface area contributed by atoms with Gasteiger partial charge in [-0.2, -0.15) is 0 Å². The highest BCUT2D eigenvalue weighted by Gasteiger charge is 2.49. The van der Waals surface area contributed by atoms with Crippen molar-refractivity contribution in [3.05, 3.63) is 0 Å². The van der Waals surface area contributed by atoms with Gasteiger partial charge in [0.1, 0.15) is 0 Å². The van der Waals surface area contributed by atoms with E-state index in [9.17, 15) is 9.59 Å². The number of hydrogen-bond acceptors (Lipinski definition) is 3. The summed E-state index contributed by atoms with van der Waals surface area (Å²) in [6.07, 6.45) is 5.17. The van der Waals surface area contributed by atoms with E-state index < -0.39 is 0 Å². The number of hydrogen-bond donors (Lipinski definition) is 0. The van der Waals surface area contributed by atoms with Crippen molar-refractivity contribution in [1.29, 1.82) is 0 Å². The predicted molar refractivity (Wildman–Crippen MR) is 56.0 cm³/mol. The van der Waals surface area contributed by atoms with E-state index in [1.807, 2.05) is 12.1 Å². The molecule has 1 amide bonds. The number of Topliss-reactive ketones (excluding diaryl/α,β-unsaturated/α-hetero) is 1. The van der Waals surface area contributed by atoms with Crippen LogP contribution in [-0.4, -0.2) is 40.8 Å². The molecule has 1 spiro atoms. The van der Waals surface area contributed by atoms with Crippen LogP contribution in [0.1, 0.15) is 39.0 Å². The summed E-state index contributed by atoms with van der Waals surface area (Å²) >= 11 is 0. The molecule has 1 saturated heterocycles. The van der Waals surface area contributed by atoms with Gasteiger partial charge in [0.15, 0.2) is 5.78 Å². The van der Waals surface area contributed by atoms with Crippen molar-refractivity contribution in [2.45, 2.75) is 44.6 Å². The van der Waals surface area contributed by atoms with Crippen molar-refractivity contribution in [3.8, 4) is 0 Å². The topological polar surface area (TPSA) is 40.6 Å². The molecule has 0 aromatic carbocycles. The van der Waals surface area contributed by atoms with Crippen LogP contribution in [0.2, 0.25) is 0 Å². The van der Waals surface area contributed by atoms with Gasteiger partial charge in [-0.3, -0.25) is 14.6 Å². The standard InChI is InChI=1S/C11H18N2O2/c1-9(14)8-13-10(15)7-11(12(13)2)5-3-4-6-11/h3-8H2,1-2H3. The third-order valence-electron chi connectivity index (χ3n) is 3.72. The molecule has 2 aliphatic rings. The molecule has 2 rings (SSSR count). The van der Waals surface area contributed by atoms with Crippen LogP contribution in [0, 0.1) is 0 Å². The van der Waals surface area contributed by atoms with Crippen LogP contribution in [-0.2, 0) is 9.59 Å². The fourth-order valence-corrected chi connectivity index (χ4v) is 2.85. The Morgan fingerprint density at radius 1 is 1.40 bits per heavy atom. The fourth-order valence-electron chi connectivity index (χ4n) is 2.85. The molecule has 1 aliphatic heterocycles. The first kappa shape index (κ1) is 10.6. The largest absolute Gasteiger partial charge is 0.298 e. The Morgan fingerprint density at radius 3 is 2.53 bits per heavy atom. The van der Waals surface area contributed by atoms with Crippen LogP contribution in [0.3, 0.4) is 0 Å². The van der Waals surface area contributed by atoms with Gasteiger partial charge in [0.05, 0.1) is 6.54 Å². The zero-order chi connectivity index (χ0) is 11.1. The maximum Gasteiger partial charge on any atom is 0.239 e. The van der Waals surface area contributed by atoms with E-state index in [-0.39, 0.29) is 23.8 Å². The maximum atomic E-state index is 11.8. The molecule has 15 heavy (non-hydrogen) atoms. The van der Waals surface area contributed by atoms with Crippen LogP contribution < -0.4 is 0 Å². The Balaban J connectivity index is 2.15. The molecule has 4 heteroatoms. The molecule has 0 atom stereocenters. The van der Waals surface area contributed by atoms with Gasteiger partial charge >= 0.3 is 0 Å². The molecule has 1 saturated carbocycles. The smallest absolute Gasteiger partial charge is 0.239 e. The summed E-state index contributed by atoms with van der Waals surface area (Å²) in [6.45, 7) is 1.76. The minimum Gasteiger partial charge on any atom is -0.298 e. The number of ketones is 1. The van der Waals surface area contributed by atoms with Crippen molar-refractivity contribution in [1.82, 2.24) is 10.0 Å². The summed E-state index contributed by atoms with van der Waals surface area (Å²) in [7, 11) is 1.94. The monoisotopic (exact) mass is 210 g/mol. The summed E-state index contributed by atoms with van der Waals surface area (Å²) in [6, 6.07) is 0. The lowest BCUT2D eigenvalue weighted by Crippen LogP contribution is -2.47. The third kappa shape index (κ3) is 1.67. The van der Waals surface area contributed by atoms with Crippen LogP contribution in [0.4, 0.5) is 0 Å². The van der Waals surface area contributed by atoms with Crippen molar-refractivity contribution >= 4 is 11.7 Å². The van der Waals surface area contributed by atoms with E-state index in [4.69, 9.17) is 0 Å². The highest BCUT2D eigenvalue weighted by Crippen LogP contribution is 2.42. The van der Waals surface area contributed by atoms with Crippen LogP contribution in [0.15, 0.2) is 0 Å². The third-order valence-corrected chi connectivity index (χ3v) is 3.72. The SMILES string of the molecule is CC(=O)CN1C(=O)CC2(CCCC2)N1C. The molecular formula is C11H18N2O2. The molecule has 0 aromatic heterocycles. The fraction of sp³-hybridized carbons (Fsp3) is 0.818. The molecule has 1 aliphatic carbocycles. The second-order valence-electron chi connectivity index (χ2n) is 4.79. The molecule has 2 fully saturated rings. The highest BCUT2D eigenvalue weighted by molar-refractivity contribution is 5.86. The van der Waals surface area contributed by atoms with Crippen molar-refractivity contribution < 1.29 is 9.59 Å². The quantitative estimate of drug-likeness (QED) is 0.682. The van der Waals surface area contributed by atoms with E-state index in [0.717, 1.165) is 12.8 Å². The molecular weight excluding hydrogens is 192 g/mol. The Kier molecular flexibility index (Phi) is 2.54. The van der Waals surface area contributed by atoms with Gasteiger partial charge in [-0.05, 0) is 19.8 Å². The minimum atomic E-state index is 0.0343. The number of nitrogens with zero attached hydrogens (tertiary/aromatic N) is 2. The molecule has 0 bridgehead atoms. The zero-order valence-corrected chi connectivity index (χ0v) is 9.45. The minimum absolute atomic E-state index is 0.0343. The average molecular weight is 210 g/mol. The molecule has 0 unspecified atom stereocenters. The summed E-state index contributed by atoms with van der Waals surface area (Å²) in [5.41, 5.74) is 0.0343. The molecule has 4 nitrogen and oxygen atoms in total. The zero-order valence-electron chi connectivity index (χ0n) is 9.45.